The van der Waals surface area contributed by atoms with E-state index in [1.54, 1.807) is 0 Å². The number of hydrogen-bond donors (Lipinski definition) is 0. The fraction of sp³-hybridized carbons (Fsp3) is 0.571. The van der Waals surface area contributed by atoms with Crippen LogP contribution in [0.15, 0.2) is 8.18 Å². The van der Waals surface area contributed by atoms with Gasteiger partial charge in [0, 0.05) is 0 Å². The molecule has 0 spiro atoms. The summed E-state index contributed by atoms with van der Waals surface area (Å²) in [5.74, 6) is 0. The molecule has 0 unspecified atom stereocenters. The molecule has 0 aromatic rings. The van der Waals surface area contributed by atoms with Gasteiger partial charge < -0.3 is 0 Å². The maximum atomic E-state index is 5.11. The van der Waals surface area contributed by atoms with Crippen molar-refractivity contribution in [3.05, 3.63) is 8.18 Å². The van der Waals surface area contributed by atoms with Gasteiger partial charge in [-0.1, -0.05) is 0 Å². The molecule has 2 nitrogen and oxygen atoms in total. The second kappa shape index (κ2) is 9.04. The number of ether oxygens (including phenoxy) is 2. The summed E-state index contributed by atoms with van der Waals surface area (Å²) in [4.78, 5) is 9.15. The first-order valence-electron chi connectivity index (χ1n) is 6.31. The van der Waals surface area contributed by atoms with Crippen LogP contribution in [0.5, 0.6) is 0 Å². The third-order valence-corrected chi connectivity index (χ3v) is 14.8. The van der Waals surface area contributed by atoms with Crippen LogP contribution in [-0.4, -0.2) is 50.0 Å². The molecule has 0 fully saturated rings. The van der Waals surface area contributed by atoms with Crippen LogP contribution in [0.25, 0.3) is 0 Å². The molecular formula is C14H24O2Sn2. The van der Waals surface area contributed by atoms with Crippen LogP contribution in [0.2, 0.25) is 19.8 Å². The van der Waals surface area contributed by atoms with Crippen molar-refractivity contribution in [1.29, 1.82) is 0 Å². The van der Waals surface area contributed by atoms with Gasteiger partial charge in [-0.2, -0.15) is 0 Å². The van der Waals surface area contributed by atoms with Crippen LogP contribution in [0.3, 0.4) is 0 Å². The molecule has 0 rings (SSSR count). The molecule has 0 aromatic carbocycles. The quantitative estimate of drug-likeness (QED) is 0.473. The van der Waals surface area contributed by atoms with Gasteiger partial charge in [0.1, 0.15) is 0 Å². The van der Waals surface area contributed by atoms with Gasteiger partial charge in [-0.3, -0.25) is 0 Å². The fourth-order valence-electron chi connectivity index (χ4n) is 0.980. The summed E-state index contributed by atoms with van der Waals surface area (Å²) in [7, 11) is 0. The van der Waals surface area contributed by atoms with E-state index in [-0.39, 0.29) is 0 Å². The van der Waals surface area contributed by atoms with E-state index in [1.165, 1.54) is 0 Å². The number of hydrogen-bond acceptors (Lipinski definition) is 2. The Balaban J connectivity index is 4.63. The molecule has 0 aliphatic heterocycles. The van der Waals surface area contributed by atoms with E-state index in [1.807, 2.05) is 13.8 Å². The Morgan fingerprint density at radius 3 is 1.39 bits per heavy atom. The third-order valence-electron chi connectivity index (χ3n) is 2.10. The molecule has 0 radical (unpaired) electrons. The minimum absolute atomic E-state index is 0.656. The van der Waals surface area contributed by atoms with Crippen LogP contribution in [0, 0.1) is 20.1 Å². The average molecular weight is 462 g/mol. The molecule has 0 aliphatic carbocycles. The third kappa shape index (κ3) is 10.0. The normalized spacial score (nSPS) is 11.2. The van der Waals surface area contributed by atoms with Crippen molar-refractivity contribution in [2.45, 2.75) is 33.6 Å². The predicted molar refractivity (Wildman–Crippen MR) is 82.9 cm³/mol. The first kappa shape index (κ1) is 18.1. The van der Waals surface area contributed by atoms with Gasteiger partial charge in [-0.05, 0) is 0 Å². The average Bonchev–Trinajstić information content (AvgIpc) is 2.27. The molecule has 0 heterocycles. The molecule has 18 heavy (non-hydrogen) atoms. The van der Waals surface area contributed by atoms with Gasteiger partial charge >= 0.3 is 121 Å². The maximum absolute atomic E-state index is 5.11. The van der Waals surface area contributed by atoms with Crippen molar-refractivity contribution < 1.29 is 9.47 Å². The summed E-state index contributed by atoms with van der Waals surface area (Å²) in [5, 5.41) is 0. The Kier molecular flexibility index (Phi) is 9.07. The summed E-state index contributed by atoms with van der Waals surface area (Å²) in [6.45, 7) is 5.22. The Morgan fingerprint density at radius 1 is 0.778 bits per heavy atom. The first-order chi connectivity index (χ1) is 8.33. The molecule has 0 N–H and O–H groups in total. The minimum atomic E-state index is -2.36. The molecule has 0 amide bonds. The van der Waals surface area contributed by atoms with Crippen LogP contribution < -0.4 is 0 Å². The van der Waals surface area contributed by atoms with Crippen LogP contribution >= 0.6 is 0 Å². The summed E-state index contributed by atoms with van der Waals surface area (Å²) in [6, 6.07) is 0. The summed E-state index contributed by atoms with van der Waals surface area (Å²) < 4.78 is 21.5. The van der Waals surface area contributed by atoms with E-state index in [0.29, 0.717) is 13.2 Å². The van der Waals surface area contributed by atoms with Gasteiger partial charge in [-0.25, -0.2) is 0 Å². The zero-order valence-corrected chi connectivity index (χ0v) is 18.1. The van der Waals surface area contributed by atoms with Crippen molar-refractivity contribution >= 4 is 36.8 Å². The van der Waals surface area contributed by atoms with Crippen LogP contribution in [0.4, 0.5) is 0 Å². The Hall–Kier alpha value is 0.0574. The van der Waals surface area contributed by atoms with Crippen LogP contribution in [-0.2, 0) is 9.47 Å². The van der Waals surface area contributed by atoms with Crippen molar-refractivity contribution in [3.63, 3.8) is 0 Å². The Bertz CT molecular complexity index is 351. The SMILES string of the molecule is CCOC#[C][Sn]([CH3])([CH3])[CH]=[CH][Sn]([CH3])([CH3])[C]#COCC. The Labute approximate surface area is 120 Å². The van der Waals surface area contributed by atoms with Crippen LogP contribution in [0.1, 0.15) is 13.8 Å². The molecule has 0 aromatic heterocycles. The molecule has 0 bridgehead atoms. The second-order valence-electron chi connectivity index (χ2n) is 5.10. The molecular weight excluding hydrogens is 438 g/mol. The summed E-state index contributed by atoms with van der Waals surface area (Å²) in [5.41, 5.74) is 0. The molecule has 0 aliphatic rings. The van der Waals surface area contributed by atoms with Crippen molar-refractivity contribution in [2.24, 2.45) is 0 Å². The van der Waals surface area contributed by atoms with E-state index < -0.39 is 36.8 Å². The van der Waals surface area contributed by atoms with E-state index in [9.17, 15) is 0 Å². The topological polar surface area (TPSA) is 18.5 Å². The molecule has 0 saturated carbocycles. The zero-order valence-electron chi connectivity index (χ0n) is 12.4. The monoisotopic (exact) mass is 464 g/mol. The van der Waals surface area contributed by atoms with E-state index in [4.69, 9.17) is 9.47 Å². The summed E-state index contributed by atoms with van der Waals surface area (Å²) >= 11 is -4.73. The van der Waals surface area contributed by atoms with Gasteiger partial charge in [0.05, 0.1) is 0 Å². The van der Waals surface area contributed by atoms with E-state index in [2.05, 4.69) is 48.0 Å². The van der Waals surface area contributed by atoms with Crippen molar-refractivity contribution in [3.8, 4) is 20.1 Å². The Morgan fingerprint density at radius 2 is 1.11 bits per heavy atom. The second-order valence-corrected chi connectivity index (χ2v) is 28.1. The number of rotatable bonds is 4. The van der Waals surface area contributed by atoms with Gasteiger partial charge in [0.2, 0.25) is 0 Å². The van der Waals surface area contributed by atoms with Gasteiger partial charge in [0.25, 0.3) is 0 Å². The molecule has 4 heteroatoms. The van der Waals surface area contributed by atoms with Gasteiger partial charge in [-0.15, -0.1) is 0 Å². The summed E-state index contributed by atoms with van der Waals surface area (Å²) in [6.07, 6.45) is 5.64. The standard InChI is InChI=1S/2C4H5O.C2H2.4CH3.2Sn/c2*1-3-5-4-2;1-2;;;;;;/h2*3H2,1H3;1-2H;4*1H3;;. The molecule has 0 saturated heterocycles. The zero-order chi connectivity index (χ0) is 14.1. The first-order valence-corrected chi connectivity index (χ1v) is 23.9. The predicted octanol–water partition coefficient (Wildman–Crippen LogP) is 3.11. The molecule has 0 atom stereocenters. The van der Waals surface area contributed by atoms with E-state index >= 15 is 0 Å². The van der Waals surface area contributed by atoms with E-state index in [0.717, 1.165) is 0 Å². The van der Waals surface area contributed by atoms with Crippen molar-refractivity contribution in [1.82, 2.24) is 0 Å². The van der Waals surface area contributed by atoms with Crippen molar-refractivity contribution in [2.75, 3.05) is 13.2 Å². The molecule has 100 valence electrons. The van der Waals surface area contributed by atoms with Gasteiger partial charge in [0.15, 0.2) is 0 Å². The fourth-order valence-corrected chi connectivity index (χ4v) is 21.7.